The summed E-state index contributed by atoms with van der Waals surface area (Å²) in [7, 11) is 1.66. The molecule has 0 saturated carbocycles. The first-order valence-corrected chi connectivity index (χ1v) is 7.99. The van der Waals surface area contributed by atoms with Crippen LogP contribution in [0.3, 0.4) is 0 Å². The number of benzene rings is 1. The summed E-state index contributed by atoms with van der Waals surface area (Å²) in [6.07, 6.45) is 0.720. The van der Waals surface area contributed by atoms with Crippen molar-refractivity contribution >= 4 is 5.91 Å². The molecule has 1 aromatic carbocycles. The Balaban J connectivity index is 1.66. The highest BCUT2D eigenvalue weighted by atomic mass is 16.5. The molecule has 1 aromatic heterocycles. The summed E-state index contributed by atoms with van der Waals surface area (Å²) in [4.78, 5) is 14.2. The first-order chi connectivity index (χ1) is 11.5. The van der Waals surface area contributed by atoms with E-state index in [0.717, 1.165) is 17.7 Å². The zero-order chi connectivity index (χ0) is 17.2. The number of para-hydroxylation sites is 1. The summed E-state index contributed by atoms with van der Waals surface area (Å²) in [5.41, 5.74) is 0.906. The molecule has 0 spiro atoms. The second kappa shape index (κ2) is 6.65. The van der Waals surface area contributed by atoms with E-state index in [4.69, 9.17) is 14.0 Å². The quantitative estimate of drug-likeness (QED) is 0.843. The predicted molar refractivity (Wildman–Crippen MR) is 88.2 cm³/mol. The van der Waals surface area contributed by atoms with E-state index in [9.17, 15) is 4.79 Å². The number of aryl methyl sites for hydroxylation is 2. The highest BCUT2D eigenvalue weighted by Crippen LogP contribution is 2.28. The van der Waals surface area contributed by atoms with Crippen LogP contribution in [0.4, 0.5) is 0 Å². The van der Waals surface area contributed by atoms with Gasteiger partial charge in [0.1, 0.15) is 23.7 Å². The van der Waals surface area contributed by atoms with Gasteiger partial charge >= 0.3 is 0 Å². The van der Waals surface area contributed by atoms with E-state index in [1.54, 1.807) is 25.0 Å². The van der Waals surface area contributed by atoms with Crippen LogP contribution in [0, 0.1) is 13.8 Å². The SMILES string of the molecule is CO[C@@]1(COc2ccccc2C)CCN(C(=O)c2cc(C)on2)C1. The summed E-state index contributed by atoms with van der Waals surface area (Å²) in [5.74, 6) is 1.32. The molecular weight excluding hydrogens is 308 g/mol. The number of amides is 1. The third kappa shape index (κ3) is 3.28. The van der Waals surface area contributed by atoms with Crippen LogP contribution in [0.1, 0.15) is 28.2 Å². The molecule has 0 bridgehead atoms. The van der Waals surface area contributed by atoms with E-state index in [-0.39, 0.29) is 5.91 Å². The van der Waals surface area contributed by atoms with Crippen molar-refractivity contribution in [3.8, 4) is 5.75 Å². The Hall–Kier alpha value is -2.34. The van der Waals surface area contributed by atoms with Crippen molar-refractivity contribution in [1.82, 2.24) is 10.1 Å². The van der Waals surface area contributed by atoms with E-state index in [0.29, 0.717) is 31.2 Å². The molecule has 1 atom stereocenters. The van der Waals surface area contributed by atoms with Crippen LogP contribution in [0.2, 0.25) is 0 Å². The zero-order valence-corrected chi connectivity index (χ0v) is 14.2. The van der Waals surface area contributed by atoms with Gasteiger partial charge in [0.05, 0.1) is 6.54 Å². The van der Waals surface area contributed by atoms with Gasteiger partial charge in [-0.3, -0.25) is 4.79 Å². The minimum atomic E-state index is -0.503. The van der Waals surface area contributed by atoms with Crippen molar-refractivity contribution in [1.29, 1.82) is 0 Å². The lowest BCUT2D eigenvalue weighted by molar-refractivity contribution is -0.0344. The third-order valence-corrected chi connectivity index (χ3v) is 4.47. The standard InChI is InChI=1S/C18H22N2O4/c1-13-6-4-5-7-16(13)23-12-18(22-3)8-9-20(11-18)17(21)15-10-14(2)24-19-15/h4-7,10H,8-9,11-12H2,1-3H3/t18-/m0/s1. The van der Waals surface area contributed by atoms with Crippen LogP contribution in [-0.4, -0.2) is 48.4 Å². The smallest absolute Gasteiger partial charge is 0.276 e. The van der Waals surface area contributed by atoms with E-state index >= 15 is 0 Å². The minimum Gasteiger partial charge on any atom is -0.490 e. The van der Waals surface area contributed by atoms with Gasteiger partial charge in [-0.05, 0) is 31.9 Å². The molecule has 128 valence electrons. The maximum Gasteiger partial charge on any atom is 0.276 e. The van der Waals surface area contributed by atoms with E-state index in [1.165, 1.54) is 0 Å². The second-order valence-electron chi connectivity index (χ2n) is 6.24. The molecule has 1 fully saturated rings. The molecule has 1 saturated heterocycles. The van der Waals surface area contributed by atoms with Crippen LogP contribution in [0.15, 0.2) is 34.9 Å². The van der Waals surface area contributed by atoms with Gasteiger partial charge in [0.25, 0.3) is 5.91 Å². The normalized spacial score (nSPS) is 20.4. The molecule has 3 rings (SSSR count). The van der Waals surface area contributed by atoms with Crippen molar-refractivity contribution in [2.75, 3.05) is 26.8 Å². The molecule has 0 radical (unpaired) electrons. The molecular formula is C18H22N2O4. The van der Waals surface area contributed by atoms with Gasteiger partial charge in [-0.1, -0.05) is 23.4 Å². The second-order valence-corrected chi connectivity index (χ2v) is 6.24. The number of hydrogen-bond donors (Lipinski definition) is 0. The number of likely N-dealkylation sites (tertiary alicyclic amines) is 1. The topological polar surface area (TPSA) is 64.8 Å². The summed E-state index contributed by atoms with van der Waals surface area (Å²) < 4.78 is 16.7. The minimum absolute atomic E-state index is 0.137. The fourth-order valence-electron chi connectivity index (χ4n) is 2.92. The predicted octanol–water partition coefficient (Wildman–Crippen LogP) is 2.60. The van der Waals surface area contributed by atoms with Gasteiger partial charge in [-0.25, -0.2) is 0 Å². The average Bonchev–Trinajstić information content (AvgIpc) is 3.21. The number of carbonyl (C=O) groups excluding carboxylic acids is 1. The van der Waals surface area contributed by atoms with Crippen LogP contribution in [0.25, 0.3) is 0 Å². The van der Waals surface area contributed by atoms with Crippen LogP contribution < -0.4 is 4.74 Å². The van der Waals surface area contributed by atoms with E-state index in [1.807, 2.05) is 31.2 Å². The van der Waals surface area contributed by atoms with Gasteiger partial charge < -0.3 is 18.9 Å². The monoisotopic (exact) mass is 330 g/mol. The molecule has 6 heteroatoms. The average molecular weight is 330 g/mol. The number of hydrogen-bond acceptors (Lipinski definition) is 5. The molecule has 24 heavy (non-hydrogen) atoms. The number of ether oxygens (including phenoxy) is 2. The first-order valence-electron chi connectivity index (χ1n) is 7.99. The van der Waals surface area contributed by atoms with Crippen LogP contribution in [-0.2, 0) is 4.74 Å². The third-order valence-electron chi connectivity index (χ3n) is 4.47. The maximum atomic E-state index is 12.5. The lowest BCUT2D eigenvalue weighted by Crippen LogP contribution is -2.42. The van der Waals surface area contributed by atoms with Crippen LogP contribution in [0.5, 0.6) is 5.75 Å². The van der Waals surface area contributed by atoms with Crippen molar-refractivity contribution in [3.05, 3.63) is 47.3 Å². The summed E-state index contributed by atoms with van der Waals surface area (Å²) >= 11 is 0. The lowest BCUT2D eigenvalue weighted by Gasteiger charge is -2.28. The molecule has 0 aliphatic carbocycles. The summed E-state index contributed by atoms with van der Waals surface area (Å²) in [6, 6.07) is 9.52. The first kappa shape index (κ1) is 16.5. The molecule has 6 nitrogen and oxygen atoms in total. The number of nitrogens with zero attached hydrogens (tertiary/aromatic N) is 2. The lowest BCUT2D eigenvalue weighted by atomic mass is 10.0. The molecule has 2 aromatic rings. The fraction of sp³-hybridized carbons (Fsp3) is 0.444. The van der Waals surface area contributed by atoms with Gasteiger partial charge in [0.2, 0.25) is 0 Å². The maximum absolute atomic E-state index is 12.5. The molecule has 1 aliphatic rings. The Morgan fingerprint density at radius 3 is 2.83 bits per heavy atom. The molecule has 1 amide bonds. The zero-order valence-electron chi connectivity index (χ0n) is 14.2. The van der Waals surface area contributed by atoms with Gasteiger partial charge in [-0.15, -0.1) is 0 Å². The molecule has 0 N–H and O–H groups in total. The van der Waals surface area contributed by atoms with Crippen molar-refractivity contribution in [2.24, 2.45) is 0 Å². The van der Waals surface area contributed by atoms with Gasteiger partial charge in [-0.2, -0.15) is 0 Å². The van der Waals surface area contributed by atoms with Crippen molar-refractivity contribution in [3.63, 3.8) is 0 Å². The van der Waals surface area contributed by atoms with Crippen molar-refractivity contribution < 1.29 is 18.8 Å². The Morgan fingerprint density at radius 1 is 1.38 bits per heavy atom. The van der Waals surface area contributed by atoms with Crippen molar-refractivity contribution in [2.45, 2.75) is 25.9 Å². The Morgan fingerprint density at radius 2 is 2.17 bits per heavy atom. The molecule has 1 aliphatic heterocycles. The number of carbonyl (C=O) groups is 1. The fourth-order valence-corrected chi connectivity index (χ4v) is 2.92. The summed E-state index contributed by atoms with van der Waals surface area (Å²) in [5, 5.41) is 3.80. The number of rotatable bonds is 5. The highest BCUT2D eigenvalue weighted by Gasteiger charge is 2.42. The van der Waals surface area contributed by atoms with Crippen LogP contribution >= 0.6 is 0 Å². The molecule has 0 unspecified atom stereocenters. The number of aromatic nitrogens is 1. The highest BCUT2D eigenvalue weighted by molar-refractivity contribution is 5.92. The van der Waals surface area contributed by atoms with Gasteiger partial charge in [0.15, 0.2) is 5.69 Å². The molecule has 2 heterocycles. The number of methoxy groups -OCH3 is 1. The Labute approximate surface area is 141 Å². The summed E-state index contributed by atoms with van der Waals surface area (Å²) in [6.45, 7) is 5.25. The van der Waals surface area contributed by atoms with Gasteiger partial charge in [0, 0.05) is 19.7 Å². The van der Waals surface area contributed by atoms with E-state index in [2.05, 4.69) is 5.16 Å². The Kier molecular flexibility index (Phi) is 4.57. The Bertz CT molecular complexity index is 727. The van der Waals surface area contributed by atoms with E-state index < -0.39 is 5.60 Å². The largest absolute Gasteiger partial charge is 0.490 e.